The normalized spacial score (nSPS) is 15.3. The van der Waals surface area contributed by atoms with E-state index in [2.05, 4.69) is 10.4 Å². The van der Waals surface area contributed by atoms with Crippen LogP contribution in [0.2, 0.25) is 0 Å². The summed E-state index contributed by atoms with van der Waals surface area (Å²) in [7, 11) is 3.11. The molecule has 1 aromatic heterocycles. The minimum atomic E-state index is -0.675. The molecule has 0 fully saturated rings. The van der Waals surface area contributed by atoms with Gasteiger partial charge in [0.15, 0.2) is 17.3 Å². The molecule has 1 N–H and O–H groups in total. The molecule has 0 bridgehead atoms. The summed E-state index contributed by atoms with van der Waals surface area (Å²) >= 11 is 0. The number of methoxy groups -OCH3 is 2. The lowest BCUT2D eigenvalue weighted by Gasteiger charge is -2.24. The van der Waals surface area contributed by atoms with Crippen molar-refractivity contribution in [3.8, 4) is 17.2 Å². The molecule has 1 amide bonds. The van der Waals surface area contributed by atoms with Gasteiger partial charge in [0.1, 0.15) is 11.5 Å². The van der Waals surface area contributed by atoms with Crippen molar-refractivity contribution >= 4 is 5.91 Å². The summed E-state index contributed by atoms with van der Waals surface area (Å²) in [6.07, 6.45) is 4.13. The zero-order chi connectivity index (χ0) is 22.0. The number of hydrogen-bond donors (Lipinski definition) is 1. The average Bonchev–Trinajstić information content (AvgIpc) is 3.18. The van der Waals surface area contributed by atoms with Gasteiger partial charge in [-0.15, -0.1) is 0 Å². The highest BCUT2D eigenvalue weighted by Gasteiger charge is 2.27. The van der Waals surface area contributed by atoms with Gasteiger partial charge in [-0.1, -0.05) is 6.07 Å². The van der Waals surface area contributed by atoms with Crippen LogP contribution in [-0.4, -0.2) is 29.9 Å². The van der Waals surface area contributed by atoms with Gasteiger partial charge < -0.3 is 14.8 Å². The Kier molecular flexibility index (Phi) is 5.88. The van der Waals surface area contributed by atoms with Gasteiger partial charge in [0.25, 0.3) is 0 Å². The highest BCUT2D eigenvalue weighted by Crippen LogP contribution is 2.32. The Morgan fingerprint density at radius 3 is 2.71 bits per heavy atom. The lowest BCUT2D eigenvalue weighted by Crippen LogP contribution is -2.32. The van der Waals surface area contributed by atoms with Crippen LogP contribution in [0.3, 0.4) is 0 Å². The van der Waals surface area contributed by atoms with E-state index in [1.165, 1.54) is 16.8 Å². The van der Waals surface area contributed by atoms with Crippen LogP contribution >= 0.6 is 0 Å². The monoisotopic (exact) mass is 427 g/mol. The van der Waals surface area contributed by atoms with Crippen molar-refractivity contribution in [2.45, 2.75) is 31.7 Å². The highest BCUT2D eigenvalue weighted by atomic mass is 19.1. The van der Waals surface area contributed by atoms with E-state index in [1.54, 1.807) is 32.5 Å². The summed E-state index contributed by atoms with van der Waals surface area (Å²) in [4.78, 5) is 12.7. The molecule has 1 atom stereocenters. The maximum absolute atomic E-state index is 14.3. The Morgan fingerprint density at radius 2 is 1.97 bits per heavy atom. The summed E-state index contributed by atoms with van der Waals surface area (Å²) in [5, 5.41) is 7.37. The third-order valence-electron chi connectivity index (χ3n) is 5.47. The Bertz CT molecular complexity index is 1110. The number of benzene rings is 2. The Balaban J connectivity index is 1.51. The SMILES string of the molecule is COc1ccc(CC(=O)N[C@@H]2CCCc3c2cnn3-c2ccc(F)cc2F)cc1OC. The van der Waals surface area contributed by atoms with E-state index in [1.807, 2.05) is 6.07 Å². The van der Waals surface area contributed by atoms with Gasteiger partial charge in [0.05, 0.1) is 32.9 Å². The predicted octanol–water partition coefficient (Wildman–Crippen LogP) is 3.90. The van der Waals surface area contributed by atoms with E-state index in [-0.39, 0.29) is 24.1 Å². The average molecular weight is 427 g/mol. The highest BCUT2D eigenvalue weighted by molar-refractivity contribution is 5.79. The van der Waals surface area contributed by atoms with E-state index in [0.29, 0.717) is 17.9 Å². The van der Waals surface area contributed by atoms with Gasteiger partial charge in [0, 0.05) is 17.3 Å². The molecule has 2 aromatic carbocycles. The first-order chi connectivity index (χ1) is 15.0. The van der Waals surface area contributed by atoms with E-state index in [0.717, 1.165) is 35.7 Å². The van der Waals surface area contributed by atoms with Crippen LogP contribution in [0.1, 0.15) is 35.7 Å². The molecular weight excluding hydrogens is 404 g/mol. The zero-order valence-electron chi connectivity index (χ0n) is 17.3. The number of amides is 1. The van der Waals surface area contributed by atoms with Crippen LogP contribution in [0.25, 0.3) is 5.69 Å². The Morgan fingerprint density at radius 1 is 1.16 bits per heavy atom. The number of nitrogens with zero attached hydrogens (tertiary/aromatic N) is 2. The minimum absolute atomic E-state index is 0.134. The maximum atomic E-state index is 14.3. The lowest BCUT2D eigenvalue weighted by atomic mass is 9.92. The van der Waals surface area contributed by atoms with Gasteiger partial charge >= 0.3 is 0 Å². The fraction of sp³-hybridized carbons (Fsp3) is 0.304. The van der Waals surface area contributed by atoms with E-state index in [9.17, 15) is 13.6 Å². The number of rotatable bonds is 6. The van der Waals surface area contributed by atoms with E-state index in [4.69, 9.17) is 9.47 Å². The maximum Gasteiger partial charge on any atom is 0.224 e. The molecule has 0 radical (unpaired) electrons. The van der Waals surface area contributed by atoms with Gasteiger partial charge in [0.2, 0.25) is 5.91 Å². The van der Waals surface area contributed by atoms with Crippen LogP contribution in [0.15, 0.2) is 42.6 Å². The topological polar surface area (TPSA) is 65.4 Å². The molecule has 162 valence electrons. The summed E-state index contributed by atoms with van der Waals surface area (Å²) in [6.45, 7) is 0. The molecule has 6 nitrogen and oxygen atoms in total. The molecule has 0 spiro atoms. The van der Waals surface area contributed by atoms with Gasteiger partial charge in [-0.2, -0.15) is 5.10 Å². The fourth-order valence-electron chi connectivity index (χ4n) is 3.99. The van der Waals surface area contributed by atoms with Crippen LogP contribution in [0.5, 0.6) is 11.5 Å². The zero-order valence-corrected chi connectivity index (χ0v) is 17.3. The van der Waals surface area contributed by atoms with Crippen LogP contribution < -0.4 is 14.8 Å². The number of ether oxygens (including phenoxy) is 2. The smallest absolute Gasteiger partial charge is 0.224 e. The van der Waals surface area contributed by atoms with Crippen LogP contribution in [0, 0.1) is 11.6 Å². The predicted molar refractivity (Wildman–Crippen MR) is 111 cm³/mol. The van der Waals surface area contributed by atoms with Crippen molar-refractivity contribution in [3.05, 3.63) is 71.1 Å². The molecule has 1 aliphatic carbocycles. The molecular formula is C23H23F2N3O3. The molecule has 0 saturated heterocycles. The number of fused-ring (bicyclic) bond motifs is 1. The third kappa shape index (κ3) is 4.23. The van der Waals surface area contributed by atoms with Crippen LogP contribution in [-0.2, 0) is 17.6 Å². The first kappa shape index (κ1) is 20.8. The third-order valence-corrected chi connectivity index (χ3v) is 5.47. The molecule has 1 aliphatic rings. The van der Waals surface area contributed by atoms with Gasteiger partial charge in [-0.25, -0.2) is 13.5 Å². The summed E-state index contributed by atoms with van der Waals surface area (Å²) in [6, 6.07) is 8.57. The standard InChI is InChI=1S/C23H23F2N3O3/c1-30-21-9-6-14(10-22(21)31-2)11-23(29)27-18-4-3-5-19-16(18)13-26-28(19)20-8-7-15(24)12-17(20)25/h6-10,12-13,18H,3-5,11H2,1-2H3,(H,27,29)/t18-/m1/s1. The molecule has 0 saturated carbocycles. The number of carbonyl (C=O) groups is 1. The second-order valence-electron chi connectivity index (χ2n) is 7.43. The minimum Gasteiger partial charge on any atom is -0.493 e. The fourth-order valence-corrected chi connectivity index (χ4v) is 3.99. The van der Waals surface area contributed by atoms with Crippen molar-refractivity contribution < 1.29 is 23.0 Å². The summed E-state index contributed by atoms with van der Waals surface area (Å²) in [5.41, 5.74) is 2.68. The number of halogens is 2. The summed E-state index contributed by atoms with van der Waals surface area (Å²) < 4.78 is 39.5. The van der Waals surface area contributed by atoms with Crippen LogP contribution in [0.4, 0.5) is 8.78 Å². The van der Waals surface area contributed by atoms with E-state index < -0.39 is 11.6 Å². The van der Waals surface area contributed by atoms with Crippen molar-refractivity contribution in [2.75, 3.05) is 14.2 Å². The van der Waals surface area contributed by atoms with Gasteiger partial charge in [-0.3, -0.25) is 4.79 Å². The first-order valence-electron chi connectivity index (χ1n) is 10.0. The molecule has 3 aromatic rings. The van der Waals surface area contributed by atoms with E-state index >= 15 is 0 Å². The summed E-state index contributed by atoms with van der Waals surface area (Å²) in [5.74, 6) is -0.279. The molecule has 31 heavy (non-hydrogen) atoms. The molecule has 0 unspecified atom stereocenters. The number of hydrogen-bond acceptors (Lipinski definition) is 4. The molecule has 1 heterocycles. The number of nitrogens with one attached hydrogen (secondary N) is 1. The second kappa shape index (κ2) is 8.75. The first-order valence-corrected chi connectivity index (χ1v) is 10.0. The molecule has 8 heteroatoms. The Hall–Kier alpha value is -3.42. The molecule has 0 aliphatic heterocycles. The van der Waals surface area contributed by atoms with Crippen molar-refractivity contribution in [3.63, 3.8) is 0 Å². The quantitative estimate of drug-likeness (QED) is 0.648. The van der Waals surface area contributed by atoms with Crippen molar-refractivity contribution in [2.24, 2.45) is 0 Å². The van der Waals surface area contributed by atoms with Crippen molar-refractivity contribution in [1.29, 1.82) is 0 Å². The molecule has 4 rings (SSSR count). The Labute approximate surface area is 178 Å². The van der Waals surface area contributed by atoms with Gasteiger partial charge in [-0.05, 0) is 49.1 Å². The number of aromatic nitrogens is 2. The van der Waals surface area contributed by atoms with Crippen molar-refractivity contribution in [1.82, 2.24) is 15.1 Å². The lowest BCUT2D eigenvalue weighted by molar-refractivity contribution is -0.121. The number of carbonyl (C=O) groups excluding carboxylic acids is 1. The largest absolute Gasteiger partial charge is 0.493 e. The second-order valence-corrected chi connectivity index (χ2v) is 7.43.